The summed E-state index contributed by atoms with van der Waals surface area (Å²) in [5.41, 5.74) is 3.47. The summed E-state index contributed by atoms with van der Waals surface area (Å²) >= 11 is 1.35. The van der Waals surface area contributed by atoms with Crippen LogP contribution in [0.5, 0.6) is 0 Å². The van der Waals surface area contributed by atoms with Gasteiger partial charge in [-0.3, -0.25) is 4.79 Å². The second kappa shape index (κ2) is 11.7. The molecule has 6 nitrogen and oxygen atoms in total. The second-order valence-corrected chi connectivity index (χ2v) is 10.2. The lowest BCUT2D eigenvalue weighted by Gasteiger charge is -2.36. The predicted octanol–water partition coefficient (Wildman–Crippen LogP) is 6.41. The summed E-state index contributed by atoms with van der Waals surface area (Å²) in [5.74, 6) is -1.22. The summed E-state index contributed by atoms with van der Waals surface area (Å²) in [6.07, 6.45) is 0.0412. The first-order valence-corrected chi connectivity index (χ1v) is 13.5. The molecule has 0 saturated carbocycles. The maximum atomic E-state index is 15.2. The minimum Gasteiger partial charge on any atom is -0.457 e. The molecule has 1 amide bonds. The molecule has 3 aromatic carbocycles. The molecule has 8 heteroatoms. The van der Waals surface area contributed by atoms with Gasteiger partial charge in [-0.2, -0.15) is 0 Å². The van der Waals surface area contributed by atoms with Gasteiger partial charge in [0, 0.05) is 11.3 Å². The molecule has 2 unspecified atom stereocenters. The van der Waals surface area contributed by atoms with E-state index in [-0.39, 0.29) is 30.5 Å². The van der Waals surface area contributed by atoms with E-state index in [1.54, 1.807) is 30.0 Å². The number of nitrogens with zero attached hydrogens (tertiary/aromatic N) is 2. The van der Waals surface area contributed by atoms with E-state index in [1.165, 1.54) is 17.8 Å². The van der Waals surface area contributed by atoms with Crippen LogP contribution in [-0.2, 0) is 20.9 Å². The highest BCUT2D eigenvalue weighted by Crippen LogP contribution is 2.45. The monoisotopic (exact) mass is 541 g/mol. The molecule has 198 valence electrons. The number of allylic oxidation sites excluding steroid dienone is 1. The third-order valence-electron chi connectivity index (χ3n) is 6.65. The topological polar surface area (TPSA) is 71.0 Å². The molecule has 0 radical (unpaired) electrons. The third-order valence-corrected chi connectivity index (χ3v) is 7.54. The number of fused-ring (bicyclic) bond motifs is 1. The van der Waals surface area contributed by atoms with Gasteiger partial charge in [0.1, 0.15) is 12.4 Å². The molecule has 2 aliphatic rings. The Labute approximate surface area is 231 Å². The highest BCUT2D eigenvalue weighted by Gasteiger charge is 2.42. The van der Waals surface area contributed by atoms with Gasteiger partial charge in [0.05, 0.1) is 29.8 Å². The summed E-state index contributed by atoms with van der Waals surface area (Å²) in [4.78, 5) is 33.0. The Bertz CT molecular complexity index is 1470. The molecule has 0 aliphatic carbocycles. The Morgan fingerprint density at radius 1 is 1.03 bits per heavy atom. The Hall–Kier alpha value is -4.17. The molecule has 3 aromatic rings. The van der Waals surface area contributed by atoms with Crippen LogP contribution in [0, 0.1) is 5.82 Å². The van der Waals surface area contributed by atoms with E-state index in [2.05, 4.69) is 10.3 Å². The molecule has 2 aliphatic heterocycles. The number of amidine groups is 1. The van der Waals surface area contributed by atoms with E-state index in [9.17, 15) is 9.59 Å². The molecule has 0 fully saturated rings. The van der Waals surface area contributed by atoms with Crippen molar-refractivity contribution in [1.82, 2.24) is 10.2 Å². The zero-order chi connectivity index (χ0) is 27.4. The van der Waals surface area contributed by atoms with Gasteiger partial charge in [-0.05, 0) is 36.4 Å². The van der Waals surface area contributed by atoms with Crippen molar-refractivity contribution in [3.8, 4) is 0 Å². The molecule has 2 atom stereocenters. The lowest BCUT2D eigenvalue weighted by molar-refractivity contribution is -0.141. The van der Waals surface area contributed by atoms with Gasteiger partial charge < -0.3 is 15.0 Å². The summed E-state index contributed by atoms with van der Waals surface area (Å²) in [7, 11) is 0. The maximum Gasteiger partial charge on any atom is 0.338 e. The van der Waals surface area contributed by atoms with Crippen LogP contribution in [0.4, 0.5) is 4.39 Å². The fourth-order valence-electron chi connectivity index (χ4n) is 4.70. The second-order valence-electron chi connectivity index (χ2n) is 9.35. The van der Waals surface area contributed by atoms with Crippen LogP contribution in [-0.4, -0.2) is 21.9 Å². The maximum absolute atomic E-state index is 15.2. The van der Waals surface area contributed by atoms with E-state index in [4.69, 9.17) is 4.74 Å². The zero-order valence-corrected chi connectivity index (χ0v) is 22.5. The van der Waals surface area contributed by atoms with E-state index in [1.807, 2.05) is 73.0 Å². The van der Waals surface area contributed by atoms with E-state index in [0.29, 0.717) is 22.1 Å². The van der Waals surface area contributed by atoms with Crippen LogP contribution in [0.1, 0.15) is 49.0 Å². The molecular formula is C31H28FN3O3S. The van der Waals surface area contributed by atoms with Gasteiger partial charge >= 0.3 is 5.97 Å². The average molecular weight is 542 g/mol. The number of hydrogen-bond acceptors (Lipinski definition) is 6. The van der Waals surface area contributed by atoms with Crippen molar-refractivity contribution in [2.75, 3.05) is 0 Å². The number of carbonyl (C=O) groups is 2. The van der Waals surface area contributed by atoms with Crippen LogP contribution in [0.15, 0.2) is 112 Å². The standard InChI is InChI=1S/C31H28FN3O3S/c1-20(23-13-7-4-8-14-23)33-27(36)17-24-19-39-31-34-21(2)28(30(37)38-18-22-11-5-3-6-12-22)29(35(24)31)25-15-9-10-16-26(25)32/h3-16,19-20,29H,17-18H2,1-2H3,(H,33,36). The summed E-state index contributed by atoms with van der Waals surface area (Å²) in [5, 5.41) is 5.45. The van der Waals surface area contributed by atoms with Crippen molar-refractivity contribution >= 4 is 28.8 Å². The summed E-state index contributed by atoms with van der Waals surface area (Å²) in [6, 6.07) is 24.4. The number of thioether (sulfide) groups is 1. The molecule has 5 rings (SSSR count). The van der Waals surface area contributed by atoms with Crippen molar-refractivity contribution in [2.45, 2.75) is 39.0 Å². The number of halogens is 1. The van der Waals surface area contributed by atoms with E-state index in [0.717, 1.165) is 11.1 Å². The number of carbonyl (C=O) groups excluding carboxylic acids is 2. The summed E-state index contributed by atoms with van der Waals surface area (Å²) in [6.45, 7) is 3.73. The van der Waals surface area contributed by atoms with Crippen LogP contribution in [0.3, 0.4) is 0 Å². The van der Waals surface area contributed by atoms with Crippen molar-refractivity contribution < 1.29 is 18.7 Å². The number of nitrogens with one attached hydrogen (secondary N) is 1. The minimum atomic E-state index is -0.831. The van der Waals surface area contributed by atoms with Crippen LogP contribution in [0.25, 0.3) is 0 Å². The van der Waals surface area contributed by atoms with Gasteiger partial charge in [0.2, 0.25) is 5.91 Å². The Kier molecular flexibility index (Phi) is 7.93. The highest BCUT2D eigenvalue weighted by atomic mass is 32.2. The Balaban J connectivity index is 1.42. The van der Waals surface area contributed by atoms with Gasteiger partial charge in [-0.1, -0.05) is 90.6 Å². The first-order valence-electron chi connectivity index (χ1n) is 12.7. The lowest BCUT2D eigenvalue weighted by Crippen LogP contribution is -2.38. The Morgan fingerprint density at radius 3 is 2.41 bits per heavy atom. The molecule has 1 N–H and O–H groups in total. The van der Waals surface area contributed by atoms with Crippen molar-refractivity contribution in [3.05, 3.63) is 130 Å². The number of amides is 1. The van der Waals surface area contributed by atoms with E-state index >= 15 is 4.39 Å². The molecule has 0 bridgehead atoms. The van der Waals surface area contributed by atoms with Gasteiger partial charge in [-0.15, -0.1) is 0 Å². The number of hydrogen-bond donors (Lipinski definition) is 1. The quantitative estimate of drug-likeness (QED) is 0.334. The molecule has 0 aromatic heterocycles. The zero-order valence-electron chi connectivity index (χ0n) is 21.6. The third kappa shape index (κ3) is 5.81. The minimum absolute atomic E-state index is 0.0412. The number of ether oxygens (including phenoxy) is 1. The number of rotatable bonds is 8. The van der Waals surface area contributed by atoms with E-state index < -0.39 is 17.8 Å². The predicted molar refractivity (Wildman–Crippen MR) is 151 cm³/mol. The highest BCUT2D eigenvalue weighted by molar-refractivity contribution is 8.16. The van der Waals surface area contributed by atoms with Crippen molar-refractivity contribution in [2.24, 2.45) is 4.99 Å². The molecule has 0 saturated heterocycles. The number of aliphatic imine (C=N–C) groups is 1. The molecule has 39 heavy (non-hydrogen) atoms. The van der Waals surface area contributed by atoms with Crippen molar-refractivity contribution in [1.29, 1.82) is 0 Å². The average Bonchev–Trinajstić information content (AvgIpc) is 3.34. The first kappa shape index (κ1) is 26.4. The number of benzene rings is 3. The smallest absolute Gasteiger partial charge is 0.338 e. The van der Waals surface area contributed by atoms with Gasteiger partial charge in [-0.25, -0.2) is 14.2 Å². The van der Waals surface area contributed by atoms with Crippen LogP contribution in [0.2, 0.25) is 0 Å². The Morgan fingerprint density at radius 2 is 1.69 bits per heavy atom. The molecule has 2 heterocycles. The summed E-state index contributed by atoms with van der Waals surface area (Å²) < 4.78 is 20.9. The largest absolute Gasteiger partial charge is 0.457 e. The molecule has 0 spiro atoms. The van der Waals surface area contributed by atoms with Crippen molar-refractivity contribution in [3.63, 3.8) is 0 Å². The number of esters is 1. The molecular weight excluding hydrogens is 513 g/mol. The van der Waals surface area contributed by atoms with Crippen LogP contribution >= 0.6 is 11.8 Å². The van der Waals surface area contributed by atoms with Gasteiger partial charge in [0.15, 0.2) is 5.17 Å². The lowest BCUT2D eigenvalue weighted by atomic mass is 9.93. The SMILES string of the molecule is CC1=C(C(=O)OCc2ccccc2)C(c2ccccc2F)N2C(CC(=O)NC(C)c3ccccc3)=CSC2=N1. The van der Waals surface area contributed by atoms with Gasteiger partial charge in [0.25, 0.3) is 0 Å². The normalized spacial score (nSPS) is 17.2. The first-order chi connectivity index (χ1) is 18.9. The van der Waals surface area contributed by atoms with Crippen LogP contribution < -0.4 is 5.32 Å². The fourth-order valence-corrected chi connectivity index (χ4v) is 5.67. The fraction of sp³-hybridized carbons (Fsp3) is 0.194.